The number of hydrogen-bond donors (Lipinski definition) is 1. The molecular weight excluding hydrogens is 417 g/mol. The standard InChI is InChI=1S/C20H25N3O4.2ClH/c24-17(14-25-13-16-4-5-18-19(11-16)27-15-26-18)12-22-7-9-23(10-8-22)20-3-1-2-6-21-20;;/h1-6,11,17,24H,7-10,12-15H2;2*1H/p-2. The molecule has 0 saturated carbocycles. The van der Waals surface area contributed by atoms with Gasteiger partial charge in [-0.15, -0.1) is 0 Å². The Morgan fingerprint density at radius 3 is 2.59 bits per heavy atom. The smallest absolute Gasteiger partial charge is 0.231 e. The molecule has 29 heavy (non-hydrogen) atoms. The van der Waals surface area contributed by atoms with Gasteiger partial charge in [0.05, 0.1) is 19.3 Å². The van der Waals surface area contributed by atoms with Crippen molar-refractivity contribution in [2.24, 2.45) is 0 Å². The van der Waals surface area contributed by atoms with E-state index in [0.29, 0.717) is 19.8 Å². The number of ether oxygens (including phenoxy) is 3. The largest absolute Gasteiger partial charge is 1.00 e. The minimum absolute atomic E-state index is 0. The normalized spacial score (nSPS) is 16.7. The molecule has 0 amide bonds. The number of piperazine rings is 1. The van der Waals surface area contributed by atoms with Crippen molar-refractivity contribution in [2.45, 2.75) is 12.7 Å². The van der Waals surface area contributed by atoms with Gasteiger partial charge in [0.1, 0.15) is 5.82 Å². The van der Waals surface area contributed by atoms with Crippen LogP contribution in [0.5, 0.6) is 11.5 Å². The number of aliphatic hydroxyl groups is 1. The summed E-state index contributed by atoms with van der Waals surface area (Å²) in [6.45, 7) is 5.31. The monoisotopic (exact) mass is 441 g/mol. The van der Waals surface area contributed by atoms with E-state index in [0.717, 1.165) is 49.1 Å². The lowest BCUT2D eigenvalue weighted by Gasteiger charge is -2.36. The fraction of sp³-hybridized carbons (Fsp3) is 0.450. The number of rotatable bonds is 7. The van der Waals surface area contributed by atoms with Crippen LogP contribution >= 0.6 is 0 Å². The molecule has 2 aliphatic heterocycles. The summed E-state index contributed by atoms with van der Waals surface area (Å²) in [4.78, 5) is 8.95. The molecule has 2 aromatic rings. The van der Waals surface area contributed by atoms with Crippen molar-refractivity contribution in [1.82, 2.24) is 9.88 Å². The predicted molar refractivity (Wildman–Crippen MR) is 101 cm³/mol. The minimum atomic E-state index is -0.500. The third kappa shape index (κ3) is 6.35. The lowest BCUT2D eigenvalue weighted by atomic mass is 10.2. The topological polar surface area (TPSA) is 67.3 Å². The number of pyridine rings is 1. The lowest BCUT2D eigenvalue weighted by molar-refractivity contribution is -0.00100. The number of hydrogen-bond acceptors (Lipinski definition) is 7. The molecule has 0 radical (unpaired) electrons. The first-order valence-corrected chi connectivity index (χ1v) is 9.30. The number of aliphatic hydroxyl groups excluding tert-OH is 1. The third-order valence-corrected chi connectivity index (χ3v) is 4.83. The molecule has 1 aromatic heterocycles. The van der Waals surface area contributed by atoms with E-state index in [9.17, 15) is 5.11 Å². The Kier molecular flexibility index (Phi) is 9.26. The van der Waals surface area contributed by atoms with Gasteiger partial charge >= 0.3 is 0 Å². The summed E-state index contributed by atoms with van der Waals surface area (Å²) < 4.78 is 16.3. The lowest BCUT2D eigenvalue weighted by Crippen LogP contribution is -3.00. The first-order chi connectivity index (χ1) is 13.3. The first kappa shape index (κ1) is 23.5. The van der Waals surface area contributed by atoms with Crippen molar-refractivity contribution in [3.8, 4) is 11.5 Å². The Morgan fingerprint density at radius 1 is 1.03 bits per heavy atom. The Bertz CT molecular complexity index is 746. The second kappa shape index (κ2) is 11.4. The van der Waals surface area contributed by atoms with E-state index in [4.69, 9.17) is 14.2 Å². The zero-order chi connectivity index (χ0) is 18.5. The Hall–Kier alpha value is -1.77. The molecule has 0 aliphatic carbocycles. The molecule has 2 aliphatic rings. The van der Waals surface area contributed by atoms with Gasteiger partial charge in [0.25, 0.3) is 0 Å². The molecule has 4 rings (SSSR count). The highest BCUT2D eigenvalue weighted by molar-refractivity contribution is 5.44. The van der Waals surface area contributed by atoms with E-state index in [1.165, 1.54) is 0 Å². The zero-order valence-corrected chi connectivity index (χ0v) is 17.6. The van der Waals surface area contributed by atoms with Crippen molar-refractivity contribution in [3.63, 3.8) is 0 Å². The van der Waals surface area contributed by atoms with Crippen molar-refractivity contribution >= 4 is 5.82 Å². The number of aromatic nitrogens is 1. The third-order valence-electron chi connectivity index (χ3n) is 4.83. The van der Waals surface area contributed by atoms with E-state index >= 15 is 0 Å². The van der Waals surface area contributed by atoms with Gasteiger partial charge in [-0.25, -0.2) is 4.98 Å². The van der Waals surface area contributed by atoms with Gasteiger partial charge < -0.3 is 49.0 Å². The van der Waals surface area contributed by atoms with Gasteiger partial charge in [0, 0.05) is 38.9 Å². The molecule has 160 valence electrons. The molecule has 0 spiro atoms. The summed E-state index contributed by atoms with van der Waals surface area (Å²) in [5, 5.41) is 10.3. The van der Waals surface area contributed by atoms with Gasteiger partial charge in [-0.1, -0.05) is 12.1 Å². The molecule has 0 bridgehead atoms. The molecule has 7 nitrogen and oxygen atoms in total. The van der Waals surface area contributed by atoms with Gasteiger partial charge in [-0.05, 0) is 29.8 Å². The predicted octanol–water partition coefficient (Wildman–Crippen LogP) is -4.48. The van der Waals surface area contributed by atoms with Crippen LogP contribution in [0.2, 0.25) is 0 Å². The summed E-state index contributed by atoms with van der Waals surface area (Å²) >= 11 is 0. The molecule has 1 N–H and O–H groups in total. The average molecular weight is 442 g/mol. The van der Waals surface area contributed by atoms with Gasteiger partial charge in [0.2, 0.25) is 6.79 Å². The van der Waals surface area contributed by atoms with E-state index < -0.39 is 6.10 Å². The number of nitrogens with zero attached hydrogens (tertiary/aromatic N) is 3. The number of anilines is 1. The summed E-state index contributed by atoms with van der Waals surface area (Å²) in [6, 6.07) is 11.7. The van der Waals surface area contributed by atoms with Crippen LogP contribution in [0.1, 0.15) is 5.56 Å². The zero-order valence-electron chi connectivity index (χ0n) is 16.0. The summed E-state index contributed by atoms with van der Waals surface area (Å²) in [6.07, 6.45) is 1.32. The van der Waals surface area contributed by atoms with Crippen LogP contribution in [0.3, 0.4) is 0 Å². The molecule has 1 unspecified atom stereocenters. The molecule has 1 aromatic carbocycles. The van der Waals surface area contributed by atoms with Gasteiger partial charge in [0.15, 0.2) is 11.5 Å². The van der Waals surface area contributed by atoms with Crippen LogP contribution in [0.25, 0.3) is 0 Å². The van der Waals surface area contributed by atoms with Crippen LogP contribution in [0.4, 0.5) is 5.82 Å². The van der Waals surface area contributed by atoms with E-state index in [1.807, 2.05) is 42.6 Å². The summed E-state index contributed by atoms with van der Waals surface area (Å²) in [5.74, 6) is 2.54. The molecule has 3 heterocycles. The number of benzene rings is 1. The van der Waals surface area contributed by atoms with Crippen molar-refractivity contribution in [2.75, 3.05) is 51.0 Å². The molecule has 1 fully saturated rings. The van der Waals surface area contributed by atoms with E-state index in [-0.39, 0.29) is 31.6 Å². The Labute approximate surface area is 183 Å². The Morgan fingerprint density at radius 2 is 1.83 bits per heavy atom. The number of halogens is 2. The van der Waals surface area contributed by atoms with Crippen LogP contribution in [0, 0.1) is 0 Å². The average Bonchev–Trinajstić information content (AvgIpc) is 3.17. The minimum Gasteiger partial charge on any atom is -1.00 e. The van der Waals surface area contributed by atoms with Crippen molar-refractivity contribution in [3.05, 3.63) is 48.2 Å². The summed E-state index contributed by atoms with van der Waals surface area (Å²) in [7, 11) is 0. The van der Waals surface area contributed by atoms with Crippen LogP contribution in [-0.2, 0) is 11.3 Å². The highest BCUT2D eigenvalue weighted by Gasteiger charge is 2.20. The number of fused-ring (bicyclic) bond motifs is 1. The number of β-amino-alcohol motifs (C(OH)–C–C–N with tert-alkyl or cyclic N) is 1. The maximum Gasteiger partial charge on any atom is 0.231 e. The maximum atomic E-state index is 10.3. The van der Waals surface area contributed by atoms with Gasteiger partial charge in [-0.3, -0.25) is 4.90 Å². The first-order valence-electron chi connectivity index (χ1n) is 9.30. The molecule has 1 saturated heterocycles. The van der Waals surface area contributed by atoms with Crippen LogP contribution in [-0.4, -0.2) is 67.2 Å². The van der Waals surface area contributed by atoms with Crippen molar-refractivity contribution < 1.29 is 44.1 Å². The molecular formula is C20H25Cl2N3O4-2. The summed E-state index contributed by atoms with van der Waals surface area (Å²) in [5.41, 5.74) is 1.01. The second-order valence-corrected chi connectivity index (χ2v) is 6.83. The second-order valence-electron chi connectivity index (χ2n) is 6.83. The highest BCUT2D eigenvalue weighted by Crippen LogP contribution is 2.32. The maximum absolute atomic E-state index is 10.3. The van der Waals surface area contributed by atoms with Crippen LogP contribution < -0.4 is 39.2 Å². The van der Waals surface area contributed by atoms with E-state index in [2.05, 4.69) is 14.8 Å². The van der Waals surface area contributed by atoms with Gasteiger partial charge in [-0.2, -0.15) is 0 Å². The Balaban J connectivity index is 0.00000150. The SMILES string of the molecule is OC(COCc1ccc2c(c1)OCO2)CN1CCN(c2ccccn2)CC1.[Cl-].[Cl-]. The van der Waals surface area contributed by atoms with E-state index in [1.54, 1.807) is 0 Å². The molecule has 1 atom stereocenters. The quantitative estimate of drug-likeness (QED) is 0.464. The van der Waals surface area contributed by atoms with Crippen LogP contribution in [0.15, 0.2) is 42.6 Å². The van der Waals surface area contributed by atoms with Crippen molar-refractivity contribution in [1.29, 1.82) is 0 Å². The highest BCUT2D eigenvalue weighted by atomic mass is 35.5. The fourth-order valence-electron chi connectivity index (χ4n) is 3.39. The fourth-order valence-corrected chi connectivity index (χ4v) is 3.39. The molecule has 9 heteroatoms.